The summed E-state index contributed by atoms with van der Waals surface area (Å²) in [6.07, 6.45) is 0. The molecule has 0 bridgehead atoms. The van der Waals surface area contributed by atoms with Crippen LogP contribution in [0.5, 0.6) is 0 Å². The predicted molar refractivity (Wildman–Crippen MR) is 89.8 cm³/mol. The Kier molecular flexibility index (Phi) is 4.56. The maximum Gasteiger partial charge on any atom is 0.252 e. The molecule has 7 heteroatoms. The number of thiophene rings is 1. The van der Waals surface area contributed by atoms with Crippen molar-refractivity contribution in [1.29, 1.82) is 0 Å². The Morgan fingerprint density at radius 2 is 1.91 bits per heavy atom. The van der Waals surface area contributed by atoms with Gasteiger partial charge in [-0.05, 0) is 30.2 Å². The third kappa shape index (κ3) is 2.94. The van der Waals surface area contributed by atoms with Gasteiger partial charge in [-0.1, -0.05) is 41.9 Å². The summed E-state index contributed by atoms with van der Waals surface area (Å²) < 4.78 is 27.8. The summed E-state index contributed by atoms with van der Waals surface area (Å²) in [7, 11) is -3.49. The van der Waals surface area contributed by atoms with Crippen molar-refractivity contribution in [2.24, 2.45) is 11.7 Å². The van der Waals surface area contributed by atoms with Gasteiger partial charge in [0.1, 0.15) is 4.21 Å². The van der Waals surface area contributed by atoms with Crippen LogP contribution in [0.2, 0.25) is 4.34 Å². The summed E-state index contributed by atoms with van der Waals surface area (Å²) in [5, 5.41) is 0. The van der Waals surface area contributed by atoms with E-state index in [0.29, 0.717) is 28.2 Å². The summed E-state index contributed by atoms with van der Waals surface area (Å²) in [5.74, 6) is 0.268. The SMILES string of the molecule is NC[C@@H]1CN(S(=O)(=O)c2ccc(Cl)s2)C[C@H]1c1ccccc1. The lowest BCUT2D eigenvalue weighted by Crippen LogP contribution is -2.29. The van der Waals surface area contributed by atoms with Gasteiger partial charge in [0.2, 0.25) is 0 Å². The van der Waals surface area contributed by atoms with E-state index in [1.54, 1.807) is 12.1 Å². The van der Waals surface area contributed by atoms with E-state index in [-0.39, 0.29) is 11.8 Å². The van der Waals surface area contributed by atoms with Crippen LogP contribution < -0.4 is 5.73 Å². The second kappa shape index (κ2) is 6.29. The molecule has 1 aromatic carbocycles. The Labute approximate surface area is 139 Å². The molecule has 1 aliphatic rings. The maximum absolute atomic E-state index is 12.7. The average Bonchev–Trinajstić information content (AvgIpc) is 3.14. The highest BCUT2D eigenvalue weighted by molar-refractivity contribution is 7.91. The molecule has 2 aromatic rings. The second-order valence-corrected chi connectivity index (χ2v) is 9.27. The third-order valence-corrected chi connectivity index (χ3v) is 7.61. The standard InChI is InChI=1S/C15H17ClN2O2S2/c16-14-6-7-15(21-14)22(19,20)18-9-12(8-17)13(10-18)11-4-2-1-3-5-11/h1-7,12-13H,8-10,17H2/t12-,13+/m1/s1. The smallest absolute Gasteiger partial charge is 0.252 e. The molecule has 1 aromatic heterocycles. The minimum absolute atomic E-state index is 0.132. The van der Waals surface area contributed by atoms with Crippen LogP contribution in [-0.4, -0.2) is 32.4 Å². The molecule has 2 atom stereocenters. The van der Waals surface area contributed by atoms with Gasteiger partial charge in [-0.15, -0.1) is 11.3 Å². The Hall–Kier alpha value is -0.920. The fourth-order valence-electron chi connectivity index (χ4n) is 2.91. The molecule has 1 fully saturated rings. The lowest BCUT2D eigenvalue weighted by Gasteiger charge is -2.16. The molecule has 0 saturated carbocycles. The van der Waals surface area contributed by atoms with Crippen LogP contribution in [0.25, 0.3) is 0 Å². The van der Waals surface area contributed by atoms with Gasteiger partial charge in [0, 0.05) is 19.0 Å². The van der Waals surface area contributed by atoms with Gasteiger partial charge >= 0.3 is 0 Å². The van der Waals surface area contributed by atoms with E-state index < -0.39 is 10.0 Å². The van der Waals surface area contributed by atoms with Gasteiger partial charge < -0.3 is 5.73 Å². The molecular formula is C15H17ClN2O2S2. The Morgan fingerprint density at radius 1 is 1.18 bits per heavy atom. The van der Waals surface area contributed by atoms with Crippen LogP contribution in [0.1, 0.15) is 11.5 Å². The lowest BCUT2D eigenvalue weighted by atomic mass is 9.89. The maximum atomic E-state index is 12.7. The van der Waals surface area contributed by atoms with Gasteiger partial charge in [-0.3, -0.25) is 0 Å². The molecule has 1 saturated heterocycles. The summed E-state index contributed by atoms with van der Waals surface area (Å²) >= 11 is 6.96. The van der Waals surface area contributed by atoms with E-state index in [1.807, 2.05) is 30.3 Å². The van der Waals surface area contributed by atoms with E-state index in [1.165, 1.54) is 4.31 Å². The molecule has 0 unspecified atom stereocenters. The van der Waals surface area contributed by atoms with E-state index in [4.69, 9.17) is 17.3 Å². The lowest BCUT2D eigenvalue weighted by molar-refractivity contribution is 0.460. The fourth-order valence-corrected chi connectivity index (χ4v) is 6.07. The van der Waals surface area contributed by atoms with E-state index in [9.17, 15) is 8.42 Å². The highest BCUT2D eigenvalue weighted by Crippen LogP contribution is 2.37. The third-order valence-electron chi connectivity index (χ3n) is 4.08. The van der Waals surface area contributed by atoms with Crippen LogP contribution >= 0.6 is 22.9 Å². The van der Waals surface area contributed by atoms with Gasteiger partial charge in [0.15, 0.2) is 0 Å². The van der Waals surface area contributed by atoms with Crippen LogP contribution in [0, 0.1) is 5.92 Å². The summed E-state index contributed by atoms with van der Waals surface area (Å²) in [5.41, 5.74) is 7.01. The van der Waals surface area contributed by atoms with Crippen LogP contribution in [0.15, 0.2) is 46.7 Å². The summed E-state index contributed by atoms with van der Waals surface area (Å²) in [6.45, 7) is 1.38. The Morgan fingerprint density at radius 3 is 2.50 bits per heavy atom. The quantitative estimate of drug-likeness (QED) is 0.916. The number of sulfonamides is 1. The molecule has 1 aliphatic heterocycles. The number of rotatable bonds is 4. The zero-order valence-electron chi connectivity index (χ0n) is 11.9. The van der Waals surface area contributed by atoms with Crippen molar-refractivity contribution in [1.82, 2.24) is 4.31 Å². The molecule has 2 heterocycles. The molecule has 118 valence electrons. The molecule has 3 rings (SSSR count). The van der Waals surface area contributed by atoms with Crippen molar-refractivity contribution in [3.05, 3.63) is 52.4 Å². The zero-order chi connectivity index (χ0) is 15.7. The largest absolute Gasteiger partial charge is 0.330 e. The van der Waals surface area contributed by atoms with Crippen molar-refractivity contribution in [3.63, 3.8) is 0 Å². The number of nitrogens with two attached hydrogens (primary N) is 1. The van der Waals surface area contributed by atoms with Crippen molar-refractivity contribution in [2.75, 3.05) is 19.6 Å². The van der Waals surface area contributed by atoms with Crippen LogP contribution in [-0.2, 0) is 10.0 Å². The van der Waals surface area contributed by atoms with Crippen molar-refractivity contribution in [3.8, 4) is 0 Å². The number of hydrogen-bond donors (Lipinski definition) is 1. The highest BCUT2D eigenvalue weighted by atomic mass is 35.5. The second-order valence-electron chi connectivity index (χ2n) is 5.39. The molecule has 0 radical (unpaired) electrons. The van der Waals surface area contributed by atoms with Gasteiger partial charge in [0.05, 0.1) is 4.34 Å². The van der Waals surface area contributed by atoms with Crippen molar-refractivity contribution < 1.29 is 8.42 Å². The van der Waals surface area contributed by atoms with Crippen molar-refractivity contribution in [2.45, 2.75) is 10.1 Å². The molecule has 4 nitrogen and oxygen atoms in total. The number of hydrogen-bond acceptors (Lipinski definition) is 4. The molecule has 0 aliphatic carbocycles. The Bertz CT molecular complexity index is 746. The summed E-state index contributed by atoms with van der Waals surface area (Å²) in [4.78, 5) is 0. The molecular weight excluding hydrogens is 340 g/mol. The predicted octanol–water partition coefficient (Wildman–Crippen LogP) is 2.76. The molecule has 0 spiro atoms. The zero-order valence-corrected chi connectivity index (χ0v) is 14.2. The first-order valence-corrected chi connectivity index (χ1v) is 9.66. The monoisotopic (exact) mass is 356 g/mol. The minimum Gasteiger partial charge on any atom is -0.330 e. The normalized spacial score (nSPS) is 23.0. The first-order valence-electron chi connectivity index (χ1n) is 7.03. The molecule has 0 amide bonds. The van der Waals surface area contributed by atoms with E-state index in [2.05, 4.69) is 0 Å². The minimum atomic E-state index is -3.49. The average molecular weight is 357 g/mol. The number of nitrogens with zero attached hydrogens (tertiary/aromatic N) is 1. The highest BCUT2D eigenvalue weighted by Gasteiger charge is 2.39. The van der Waals surface area contributed by atoms with Crippen molar-refractivity contribution >= 4 is 33.0 Å². The first kappa shape index (κ1) is 16.0. The Balaban J connectivity index is 1.88. The topological polar surface area (TPSA) is 63.4 Å². The van der Waals surface area contributed by atoms with Gasteiger partial charge in [-0.25, -0.2) is 8.42 Å². The first-order chi connectivity index (χ1) is 10.5. The van der Waals surface area contributed by atoms with Crippen LogP contribution in [0.3, 0.4) is 0 Å². The molecule has 2 N–H and O–H groups in total. The summed E-state index contributed by atoms with van der Waals surface area (Å²) in [6, 6.07) is 13.1. The van der Waals surface area contributed by atoms with Gasteiger partial charge in [0.25, 0.3) is 10.0 Å². The van der Waals surface area contributed by atoms with E-state index in [0.717, 1.165) is 16.9 Å². The van der Waals surface area contributed by atoms with Crippen LogP contribution in [0.4, 0.5) is 0 Å². The van der Waals surface area contributed by atoms with E-state index >= 15 is 0 Å². The van der Waals surface area contributed by atoms with Gasteiger partial charge in [-0.2, -0.15) is 4.31 Å². The number of halogens is 1. The fraction of sp³-hybridized carbons (Fsp3) is 0.333. The molecule has 22 heavy (non-hydrogen) atoms. The number of benzene rings is 1.